The highest BCUT2D eigenvalue weighted by molar-refractivity contribution is 6.31. The number of nitrogens with one attached hydrogen (secondary N) is 4. The number of ketones is 4. The topological polar surface area (TPSA) is 453 Å². The van der Waals surface area contributed by atoms with E-state index in [1.165, 1.54) is 117 Å². The number of aliphatic hydroxyl groups is 4. The first kappa shape index (κ1) is 105. The molecule has 652 valence electrons. The lowest BCUT2D eigenvalue weighted by atomic mass is 9.84. The van der Waals surface area contributed by atoms with Crippen LogP contribution in [0.15, 0.2) is 194 Å². The Hall–Kier alpha value is -9.28. The second-order valence-electron chi connectivity index (χ2n) is 29.4. The predicted octanol–water partition coefficient (Wildman–Crippen LogP) is 1.71. The van der Waals surface area contributed by atoms with Gasteiger partial charge in [-0.25, -0.2) is 17.6 Å². The lowest BCUT2D eigenvalue weighted by molar-refractivity contribution is -0.908. The minimum atomic E-state index is -2.19. The van der Waals surface area contributed by atoms with Crippen LogP contribution in [0.25, 0.3) is 0 Å². The molecule has 0 atom stereocenters. The Morgan fingerprint density at radius 2 is 0.408 bits per heavy atom. The Morgan fingerprint density at radius 3 is 0.542 bits per heavy atom. The lowest BCUT2D eigenvalue weighted by Gasteiger charge is -2.36. The molecule has 24 nitrogen and oxygen atoms in total. The van der Waals surface area contributed by atoms with Gasteiger partial charge in [-0.1, -0.05) is 94.9 Å². The van der Waals surface area contributed by atoms with Gasteiger partial charge in [0.15, 0.2) is 23.1 Å². The maximum atomic E-state index is 12.9. The number of carboxylic acid groups (broad SMARTS) is 4. The molecule has 0 amide bonds. The van der Waals surface area contributed by atoms with Gasteiger partial charge in [0.05, 0.1) is 102 Å². The number of rotatable bonds is 24. The van der Waals surface area contributed by atoms with Crippen molar-refractivity contribution in [2.24, 2.45) is 0 Å². The summed E-state index contributed by atoms with van der Waals surface area (Å²) in [7, 11) is 0. The zero-order valence-electron chi connectivity index (χ0n) is 66.0. The summed E-state index contributed by atoms with van der Waals surface area (Å²) in [5.41, 5.74) is 2.84. The van der Waals surface area contributed by atoms with Crippen LogP contribution in [0.4, 0.5) is 17.6 Å². The van der Waals surface area contributed by atoms with E-state index in [2.05, 4.69) is 0 Å². The van der Waals surface area contributed by atoms with E-state index in [9.17, 15) is 57.2 Å². The molecule has 16 N–H and O–H groups in total. The van der Waals surface area contributed by atoms with Gasteiger partial charge >= 0.3 is 0 Å². The van der Waals surface area contributed by atoms with Crippen molar-refractivity contribution in [3.63, 3.8) is 0 Å². The quantitative estimate of drug-likeness (QED) is 0.0242. The SMILES string of the molecule is O.O.O.O.O=C(CCC[NH+]1CCC(O)(c2ccc(Cl)cc2)CC1)c1ccc(F)cc1.O=C(CCC[NH+]1CCC(O)(c2ccc(Cl)cc2)CC1)c1ccc(F)cc1.O=C(CCC[NH+]1CCC(O)(c2ccc(Cl)cc2)CC1)c1ccc(F)cc1.O=C(CCC[NH+]1CCC(O)(c2ccc(Cl)cc2)CC1)c1ccc(F)cc1.O=C([O-])C(=O)[O-].O=C([O-])C(=O)[O-]. The Bertz CT molecular complexity index is 3910. The number of carbonyl (C=O) groups is 8. The van der Waals surface area contributed by atoms with Crippen molar-refractivity contribution >= 4 is 93.4 Å². The van der Waals surface area contributed by atoms with Crippen molar-refractivity contribution in [3.05, 3.63) is 282 Å². The third-order valence-corrected chi connectivity index (χ3v) is 22.4. The Balaban J connectivity index is 0.000000390. The fraction of sp³-hybridized carbons (Fsp3) is 0.364. The fourth-order valence-corrected chi connectivity index (χ4v) is 14.9. The van der Waals surface area contributed by atoms with Crippen LogP contribution in [0.1, 0.15) is 166 Å². The van der Waals surface area contributed by atoms with Gasteiger partial charge < -0.3 is 102 Å². The van der Waals surface area contributed by atoms with Crippen LogP contribution in [0.2, 0.25) is 20.1 Å². The highest BCUT2D eigenvalue weighted by atomic mass is 35.5. The summed E-state index contributed by atoms with van der Waals surface area (Å²) < 4.78 is 51.6. The monoisotopic (exact) mass is 1750 g/mol. The maximum absolute atomic E-state index is 12.9. The minimum absolute atomic E-state index is 0. The summed E-state index contributed by atoms with van der Waals surface area (Å²) in [5.74, 6) is -9.83. The summed E-state index contributed by atoms with van der Waals surface area (Å²) in [5, 5.41) is 82.0. The molecule has 0 spiro atoms. The number of Topliss-reactive ketones (excluding diaryl/α,β-unsaturated/α-hetero) is 4. The number of benzene rings is 8. The van der Waals surface area contributed by atoms with E-state index in [1.54, 1.807) is 0 Å². The third-order valence-electron chi connectivity index (χ3n) is 21.4. The van der Waals surface area contributed by atoms with Crippen LogP contribution < -0.4 is 40.0 Å². The molecule has 8 aromatic carbocycles. The lowest BCUT2D eigenvalue weighted by Crippen LogP contribution is -3.13. The first-order valence-electron chi connectivity index (χ1n) is 38.4. The standard InChI is InChI=1S/4C21H23ClFNO2.2C2H2O4.4H2O/c4*22-18-7-5-17(6-8-18)21(26)11-14-24(15-12-21)13-1-2-20(25)16-3-9-19(23)10-4-16;2*3-1(4)2(5)6;;;;/h4*3-10,26H,1-2,11-15H2;2*(H,3,4)(H,5,6);4*1H2. The van der Waals surface area contributed by atoms with Crippen molar-refractivity contribution in [1.29, 1.82) is 0 Å². The molecule has 4 heterocycles. The van der Waals surface area contributed by atoms with Gasteiger partial charge in [0.1, 0.15) is 45.7 Å². The van der Waals surface area contributed by atoms with E-state index < -0.39 is 46.3 Å². The van der Waals surface area contributed by atoms with Crippen LogP contribution in [0.3, 0.4) is 0 Å². The molecule has 0 bridgehead atoms. The van der Waals surface area contributed by atoms with Gasteiger partial charge in [-0.3, -0.25) is 19.2 Å². The van der Waals surface area contributed by atoms with Gasteiger partial charge in [-0.2, -0.15) is 0 Å². The number of carbonyl (C=O) groups excluding carboxylic acids is 8. The Labute approximate surface area is 713 Å². The molecule has 4 saturated heterocycles. The van der Waals surface area contributed by atoms with Crippen LogP contribution >= 0.6 is 46.4 Å². The molecule has 120 heavy (non-hydrogen) atoms. The highest BCUT2D eigenvalue weighted by Gasteiger charge is 2.40. The molecule has 0 aliphatic carbocycles. The van der Waals surface area contributed by atoms with Crippen molar-refractivity contribution < 1.29 is 138 Å². The van der Waals surface area contributed by atoms with E-state index in [4.69, 9.17) is 86.0 Å². The molecule has 0 saturated carbocycles. The van der Waals surface area contributed by atoms with Crippen molar-refractivity contribution in [3.8, 4) is 0 Å². The van der Waals surface area contributed by atoms with Gasteiger partial charge in [0, 0.05) is 145 Å². The van der Waals surface area contributed by atoms with E-state index >= 15 is 0 Å². The number of piperidine rings is 4. The van der Waals surface area contributed by atoms with Crippen molar-refractivity contribution in [1.82, 2.24) is 0 Å². The largest absolute Gasteiger partial charge is 0.543 e. The number of carboxylic acids is 4. The molecular weight excluding hydrogens is 1650 g/mol. The number of hydrogen-bond acceptors (Lipinski definition) is 16. The first-order chi connectivity index (χ1) is 55.1. The van der Waals surface area contributed by atoms with Crippen molar-refractivity contribution in [2.75, 3.05) is 78.5 Å². The number of likely N-dealkylation sites (tertiary alicyclic amines) is 4. The zero-order valence-corrected chi connectivity index (χ0v) is 69.0. The molecule has 4 aliphatic heterocycles. The Morgan fingerprint density at radius 1 is 0.267 bits per heavy atom. The summed E-state index contributed by atoms with van der Waals surface area (Å²) in [6.45, 7) is 10.7. The van der Waals surface area contributed by atoms with Crippen LogP contribution in [-0.4, -0.2) is 168 Å². The number of quaternary nitrogens is 4. The number of halogens is 8. The van der Waals surface area contributed by atoms with Crippen LogP contribution in [-0.2, 0) is 41.6 Å². The smallest absolute Gasteiger partial charge is 0.163 e. The average Bonchev–Trinajstić information content (AvgIpc) is 0.822. The number of hydrogen-bond donors (Lipinski definition) is 8. The van der Waals surface area contributed by atoms with Gasteiger partial charge in [0.2, 0.25) is 0 Å². The van der Waals surface area contributed by atoms with Crippen LogP contribution in [0.5, 0.6) is 0 Å². The first-order valence-corrected chi connectivity index (χ1v) is 39.9. The molecule has 4 aliphatic rings. The second-order valence-corrected chi connectivity index (χ2v) is 31.2. The molecule has 8 aromatic rings. The highest BCUT2D eigenvalue weighted by Crippen LogP contribution is 2.34. The molecular formula is C88H104Cl4F4N4O20. The van der Waals surface area contributed by atoms with E-state index in [0.717, 1.165) is 126 Å². The summed E-state index contributed by atoms with van der Waals surface area (Å²) in [6.07, 6.45) is 10.7. The molecule has 32 heteroatoms. The molecule has 4 fully saturated rings. The molecule has 12 rings (SSSR count). The van der Waals surface area contributed by atoms with E-state index in [1.807, 2.05) is 97.1 Å². The summed E-state index contributed by atoms with van der Waals surface area (Å²) in [6, 6.07) is 52.6. The predicted molar refractivity (Wildman–Crippen MR) is 435 cm³/mol. The molecule has 0 unspecified atom stereocenters. The van der Waals surface area contributed by atoms with E-state index in [0.29, 0.717) is 119 Å². The van der Waals surface area contributed by atoms with E-state index in [-0.39, 0.29) is 68.3 Å². The summed E-state index contributed by atoms with van der Waals surface area (Å²) >= 11 is 23.7. The van der Waals surface area contributed by atoms with Crippen molar-refractivity contribution in [2.45, 2.75) is 125 Å². The number of aliphatic carboxylic acids is 4. The Kier molecular flexibility index (Phi) is 45.0. The average molecular weight is 1760 g/mol. The zero-order chi connectivity index (χ0) is 84.6. The second kappa shape index (κ2) is 51.5. The molecule has 0 radical (unpaired) electrons. The van der Waals surface area contributed by atoms with Gasteiger partial charge in [0.25, 0.3) is 0 Å². The minimum Gasteiger partial charge on any atom is -0.543 e. The van der Waals surface area contributed by atoms with Gasteiger partial charge in [-0.05, 0) is 168 Å². The summed E-state index contributed by atoms with van der Waals surface area (Å²) in [4.78, 5) is 89.9. The van der Waals surface area contributed by atoms with Gasteiger partial charge in [-0.15, -0.1) is 0 Å². The third kappa shape index (κ3) is 34.7. The fourth-order valence-electron chi connectivity index (χ4n) is 14.4. The normalized spacial score (nSPS) is 20.6. The van der Waals surface area contributed by atoms with Crippen LogP contribution in [0, 0.1) is 23.3 Å². The molecule has 0 aromatic heterocycles. The maximum Gasteiger partial charge on any atom is 0.163 e.